The number of anilines is 1. The van der Waals surface area contributed by atoms with E-state index in [4.69, 9.17) is 5.11 Å². The Kier molecular flexibility index (Phi) is 3.19. The highest BCUT2D eigenvalue weighted by molar-refractivity contribution is 9.10. The van der Waals surface area contributed by atoms with Crippen LogP contribution in [0.1, 0.15) is 18.9 Å². The number of hydrogen-bond donors (Lipinski definition) is 1. The second kappa shape index (κ2) is 4.45. The quantitative estimate of drug-likeness (QED) is 0.927. The number of benzene rings is 1. The third-order valence-corrected chi connectivity index (χ3v) is 3.78. The summed E-state index contributed by atoms with van der Waals surface area (Å²) in [6, 6.07) is 6.16. The van der Waals surface area contributed by atoms with E-state index in [2.05, 4.69) is 33.8 Å². The summed E-state index contributed by atoms with van der Waals surface area (Å²) in [5.74, 6) is -0.729. The number of carboxylic acids is 1. The molecule has 4 heteroatoms. The lowest BCUT2D eigenvalue weighted by Gasteiger charge is -2.24. The van der Waals surface area contributed by atoms with Gasteiger partial charge in [0, 0.05) is 22.7 Å². The highest BCUT2D eigenvalue weighted by Gasteiger charge is 2.30. The van der Waals surface area contributed by atoms with Crippen molar-refractivity contribution in [2.24, 2.45) is 0 Å². The Morgan fingerprint density at radius 3 is 3.00 bits per heavy atom. The normalized spacial score (nSPS) is 18.6. The number of carbonyl (C=O) groups is 1. The van der Waals surface area contributed by atoms with Gasteiger partial charge in [0.15, 0.2) is 0 Å². The molecule has 0 fully saturated rings. The van der Waals surface area contributed by atoms with Crippen LogP contribution >= 0.6 is 15.9 Å². The van der Waals surface area contributed by atoms with E-state index in [1.807, 2.05) is 12.1 Å². The SMILES string of the molecule is CCN1c2cccc(Br)c2CC1CC(=O)O. The molecule has 3 nitrogen and oxygen atoms in total. The molecule has 1 aliphatic heterocycles. The summed E-state index contributed by atoms with van der Waals surface area (Å²) < 4.78 is 1.08. The van der Waals surface area contributed by atoms with Crippen molar-refractivity contribution in [3.63, 3.8) is 0 Å². The highest BCUT2D eigenvalue weighted by Crippen LogP contribution is 2.37. The van der Waals surface area contributed by atoms with Gasteiger partial charge in [0.05, 0.1) is 6.42 Å². The van der Waals surface area contributed by atoms with Gasteiger partial charge in [0.25, 0.3) is 0 Å². The number of halogens is 1. The molecule has 1 aliphatic rings. The number of hydrogen-bond acceptors (Lipinski definition) is 2. The molecule has 0 radical (unpaired) electrons. The van der Waals surface area contributed by atoms with Gasteiger partial charge in [0.1, 0.15) is 0 Å². The fourth-order valence-electron chi connectivity index (χ4n) is 2.37. The molecular formula is C12H14BrNO2. The molecule has 1 heterocycles. The zero-order valence-corrected chi connectivity index (χ0v) is 10.7. The topological polar surface area (TPSA) is 40.5 Å². The number of aliphatic carboxylic acids is 1. The maximum absolute atomic E-state index is 10.8. The molecule has 2 rings (SSSR count). The van der Waals surface area contributed by atoms with Crippen LogP contribution in [0.3, 0.4) is 0 Å². The Morgan fingerprint density at radius 2 is 2.38 bits per heavy atom. The van der Waals surface area contributed by atoms with Crippen molar-refractivity contribution in [1.29, 1.82) is 0 Å². The second-order valence-electron chi connectivity index (χ2n) is 3.98. The Balaban J connectivity index is 2.32. The lowest BCUT2D eigenvalue weighted by Crippen LogP contribution is -2.33. The van der Waals surface area contributed by atoms with E-state index in [9.17, 15) is 4.79 Å². The minimum atomic E-state index is -0.729. The predicted molar refractivity (Wildman–Crippen MR) is 66.9 cm³/mol. The molecule has 1 aromatic rings. The van der Waals surface area contributed by atoms with Crippen molar-refractivity contribution in [2.75, 3.05) is 11.4 Å². The maximum Gasteiger partial charge on any atom is 0.305 e. The largest absolute Gasteiger partial charge is 0.481 e. The van der Waals surface area contributed by atoms with E-state index in [-0.39, 0.29) is 12.5 Å². The Hall–Kier alpha value is -1.03. The first-order valence-corrected chi connectivity index (χ1v) is 6.18. The molecule has 0 saturated heterocycles. The molecule has 0 aromatic heterocycles. The molecule has 0 saturated carbocycles. The van der Waals surface area contributed by atoms with Gasteiger partial charge in [-0.25, -0.2) is 0 Å². The fraction of sp³-hybridized carbons (Fsp3) is 0.417. The molecular weight excluding hydrogens is 270 g/mol. The third kappa shape index (κ3) is 1.94. The minimum Gasteiger partial charge on any atom is -0.481 e. The van der Waals surface area contributed by atoms with E-state index >= 15 is 0 Å². The summed E-state index contributed by atoms with van der Waals surface area (Å²) in [5.41, 5.74) is 2.40. The van der Waals surface area contributed by atoms with Crippen molar-refractivity contribution < 1.29 is 9.90 Å². The van der Waals surface area contributed by atoms with Crippen LogP contribution in [-0.4, -0.2) is 23.7 Å². The van der Waals surface area contributed by atoms with Crippen molar-refractivity contribution in [2.45, 2.75) is 25.8 Å². The number of carboxylic acid groups (broad SMARTS) is 1. The monoisotopic (exact) mass is 283 g/mol. The Bertz CT molecular complexity index is 419. The van der Waals surface area contributed by atoms with E-state index in [0.717, 1.165) is 17.4 Å². The van der Waals surface area contributed by atoms with Crippen LogP contribution in [-0.2, 0) is 11.2 Å². The zero-order chi connectivity index (χ0) is 11.7. The third-order valence-electron chi connectivity index (χ3n) is 3.04. The molecule has 1 aromatic carbocycles. The molecule has 1 N–H and O–H groups in total. The van der Waals surface area contributed by atoms with Gasteiger partial charge >= 0.3 is 5.97 Å². The van der Waals surface area contributed by atoms with Crippen LogP contribution in [0.4, 0.5) is 5.69 Å². The van der Waals surface area contributed by atoms with Crippen molar-refractivity contribution in [1.82, 2.24) is 0 Å². The molecule has 16 heavy (non-hydrogen) atoms. The maximum atomic E-state index is 10.8. The van der Waals surface area contributed by atoms with Gasteiger partial charge in [-0.2, -0.15) is 0 Å². The summed E-state index contributed by atoms with van der Waals surface area (Å²) in [4.78, 5) is 13.0. The van der Waals surface area contributed by atoms with Gasteiger partial charge < -0.3 is 10.0 Å². The molecule has 86 valence electrons. The number of rotatable bonds is 3. The second-order valence-corrected chi connectivity index (χ2v) is 4.83. The van der Waals surface area contributed by atoms with E-state index in [0.29, 0.717) is 0 Å². The van der Waals surface area contributed by atoms with Gasteiger partial charge in [-0.1, -0.05) is 22.0 Å². The van der Waals surface area contributed by atoms with E-state index < -0.39 is 5.97 Å². The van der Waals surface area contributed by atoms with Crippen LogP contribution in [0.5, 0.6) is 0 Å². The molecule has 1 atom stereocenters. The average molecular weight is 284 g/mol. The van der Waals surface area contributed by atoms with Crippen LogP contribution in [0.25, 0.3) is 0 Å². The average Bonchev–Trinajstić information content (AvgIpc) is 2.56. The molecule has 0 amide bonds. The number of likely N-dealkylation sites (N-methyl/N-ethyl adjacent to an activating group) is 1. The van der Waals surface area contributed by atoms with Crippen LogP contribution < -0.4 is 4.90 Å². The van der Waals surface area contributed by atoms with Crippen molar-refractivity contribution in [3.05, 3.63) is 28.2 Å². The van der Waals surface area contributed by atoms with Gasteiger partial charge in [-0.05, 0) is 31.0 Å². The van der Waals surface area contributed by atoms with Crippen molar-refractivity contribution >= 4 is 27.6 Å². The van der Waals surface area contributed by atoms with Gasteiger partial charge in [-0.3, -0.25) is 4.79 Å². The summed E-state index contributed by atoms with van der Waals surface area (Å²) in [6.45, 7) is 2.91. The lowest BCUT2D eigenvalue weighted by molar-refractivity contribution is -0.137. The lowest BCUT2D eigenvalue weighted by atomic mass is 10.1. The molecule has 0 bridgehead atoms. The van der Waals surface area contributed by atoms with E-state index in [1.165, 1.54) is 11.3 Å². The van der Waals surface area contributed by atoms with Gasteiger partial charge in [-0.15, -0.1) is 0 Å². The van der Waals surface area contributed by atoms with Crippen LogP contribution in [0.15, 0.2) is 22.7 Å². The van der Waals surface area contributed by atoms with Crippen LogP contribution in [0, 0.1) is 0 Å². The molecule has 0 aliphatic carbocycles. The fourth-order valence-corrected chi connectivity index (χ4v) is 2.89. The highest BCUT2D eigenvalue weighted by atomic mass is 79.9. The summed E-state index contributed by atoms with van der Waals surface area (Å²) in [6.07, 6.45) is 1.02. The Labute approximate surface area is 103 Å². The Morgan fingerprint density at radius 1 is 1.62 bits per heavy atom. The predicted octanol–water partition coefficient (Wildman–Crippen LogP) is 2.67. The van der Waals surface area contributed by atoms with Crippen LogP contribution in [0.2, 0.25) is 0 Å². The van der Waals surface area contributed by atoms with Crippen molar-refractivity contribution in [3.8, 4) is 0 Å². The first-order chi connectivity index (χ1) is 7.63. The number of nitrogens with zero attached hydrogens (tertiary/aromatic N) is 1. The molecule has 1 unspecified atom stereocenters. The minimum absolute atomic E-state index is 0.0937. The number of fused-ring (bicyclic) bond motifs is 1. The van der Waals surface area contributed by atoms with Gasteiger partial charge in [0.2, 0.25) is 0 Å². The first kappa shape index (κ1) is 11.5. The van der Waals surface area contributed by atoms with E-state index in [1.54, 1.807) is 0 Å². The summed E-state index contributed by atoms with van der Waals surface area (Å²) >= 11 is 3.52. The standard InChI is InChI=1S/C12H14BrNO2/c1-2-14-8(7-12(15)16)6-9-10(13)4-3-5-11(9)14/h3-5,8H,2,6-7H2,1H3,(H,15,16). The smallest absolute Gasteiger partial charge is 0.305 e. The first-order valence-electron chi connectivity index (χ1n) is 5.39. The summed E-state index contributed by atoms with van der Waals surface area (Å²) in [7, 11) is 0. The zero-order valence-electron chi connectivity index (χ0n) is 9.11. The summed E-state index contributed by atoms with van der Waals surface area (Å²) in [5, 5.41) is 8.90. The molecule has 0 spiro atoms.